The number of unbranched alkanes of at least 4 members (excludes halogenated alkanes) is 1. The monoisotopic (exact) mass is 162 g/mol. The Hall–Kier alpha value is -0.960. The van der Waals surface area contributed by atoms with Crippen molar-refractivity contribution in [3.8, 4) is 11.8 Å². The van der Waals surface area contributed by atoms with Crippen LogP contribution in [0.4, 0.5) is 0 Å². The van der Waals surface area contributed by atoms with E-state index < -0.39 is 0 Å². The van der Waals surface area contributed by atoms with Gasteiger partial charge in [-0.3, -0.25) is 0 Å². The molecule has 0 amide bonds. The average molecular weight is 162 g/mol. The third kappa shape index (κ3) is 9.04. The summed E-state index contributed by atoms with van der Waals surface area (Å²) in [6.07, 6.45) is 12.8. The highest BCUT2D eigenvalue weighted by atomic mass is 13.8. The molecule has 0 aliphatic carbocycles. The first kappa shape index (κ1) is 11.0. The summed E-state index contributed by atoms with van der Waals surface area (Å²) in [5, 5.41) is 0. The molecule has 0 aromatic carbocycles. The Morgan fingerprint density at radius 3 is 2.42 bits per heavy atom. The van der Waals surface area contributed by atoms with E-state index in [-0.39, 0.29) is 0 Å². The standard InChI is InChI=1S/C12H18/c1-3-5-7-9-11-12-10-8-6-4-2/h5,7,10,12H,3-4,9,11H2,1-2H3/b7-5-,12-10+. The van der Waals surface area contributed by atoms with Crippen molar-refractivity contribution in [1.82, 2.24) is 0 Å². The molecule has 0 aliphatic heterocycles. The van der Waals surface area contributed by atoms with Crippen LogP contribution in [0.5, 0.6) is 0 Å². The van der Waals surface area contributed by atoms with Crippen LogP contribution in [-0.4, -0.2) is 0 Å². The zero-order chi connectivity index (χ0) is 9.07. The van der Waals surface area contributed by atoms with Crippen LogP contribution < -0.4 is 0 Å². The number of hydrogen-bond donors (Lipinski definition) is 0. The molecule has 0 aromatic rings. The Bertz CT molecular complexity index is 186. The summed E-state index contributed by atoms with van der Waals surface area (Å²) in [6.45, 7) is 4.21. The molecule has 0 spiro atoms. The van der Waals surface area contributed by atoms with E-state index in [1.807, 2.05) is 6.08 Å². The van der Waals surface area contributed by atoms with E-state index in [1.54, 1.807) is 0 Å². The first-order chi connectivity index (χ1) is 5.91. The second kappa shape index (κ2) is 10.0. The van der Waals surface area contributed by atoms with E-state index in [4.69, 9.17) is 0 Å². The lowest BCUT2D eigenvalue weighted by molar-refractivity contribution is 1.04. The van der Waals surface area contributed by atoms with Gasteiger partial charge in [-0.25, -0.2) is 0 Å². The fourth-order valence-electron chi connectivity index (χ4n) is 0.780. The summed E-state index contributed by atoms with van der Waals surface area (Å²) >= 11 is 0. The smallest absolute Gasteiger partial charge is 0.00637 e. The van der Waals surface area contributed by atoms with Gasteiger partial charge in [-0.2, -0.15) is 0 Å². The molecule has 0 unspecified atom stereocenters. The van der Waals surface area contributed by atoms with E-state index in [9.17, 15) is 0 Å². The minimum atomic E-state index is 0.945. The molecule has 66 valence electrons. The SMILES string of the molecule is CCC#C/C=C/CC/C=C\CC. The molecule has 0 radical (unpaired) electrons. The fraction of sp³-hybridized carbons (Fsp3) is 0.500. The second-order valence-electron chi connectivity index (χ2n) is 2.53. The summed E-state index contributed by atoms with van der Waals surface area (Å²) in [5.41, 5.74) is 0. The molecule has 0 saturated heterocycles. The van der Waals surface area contributed by atoms with Gasteiger partial charge in [0.1, 0.15) is 0 Å². The van der Waals surface area contributed by atoms with Gasteiger partial charge in [0.25, 0.3) is 0 Å². The predicted molar refractivity (Wildman–Crippen MR) is 55.9 cm³/mol. The summed E-state index contributed by atoms with van der Waals surface area (Å²) in [7, 11) is 0. The van der Waals surface area contributed by atoms with Crippen molar-refractivity contribution in [2.75, 3.05) is 0 Å². The summed E-state index contributed by atoms with van der Waals surface area (Å²) < 4.78 is 0. The molecular weight excluding hydrogens is 144 g/mol. The Labute approximate surface area is 76.4 Å². The van der Waals surface area contributed by atoms with Gasteiger partial charge in [0, 0.05) is 6.42 Å². The van der Waals surface area contributed by atoms with E-state index in [0.29, 0.717) is 0 Å². The Balaban J connectivity index is 3.30. The Morgan fingerprint density at radius 2 is 1.75 bits per heavy atom. The summed E-state index contributed by atoms with van der Waals surface area (Å²) in [6, 6.07) is 0. The van der Waals surface area contributed by atoms with Crippen molar-refractivity contribution in [2.24, 2.45) is 0 Å². The number of rotatable bonds is 4. The zero-order valence-electron chi connectivity index (χ0n) is 8.14. The summed E-state index contributed by atoms with van der Waals surface area (Å²) in [4.78, 5) is 0. The van der Waals surface area contributed by atoms with Gasteiger partial charge in [-0.05, 0) is 25.3 Å². The third-order valence-electron chi connectivity index (χ3n) is 1.38. The second-order valence-corrected chi connectivity index (χ2v) is 2.53. The molecule has 0 rings (SSSR count). The van der Waals surface area contributed by atoms with Crippen molar-refractivity contribution in [3.05, 3.63) is 24.3 Å². The van der Waals surface area contributed by atoms with Crippen LogP contribution in [0.2, 0.25) is 0 Å². The van der Waals surface area contributed by atoms with Gasteiger partial charge in [-0.1, -0.05) is 43.9 Å². The lowest BCUT2D eigenvalue weighted by Gasteiger charge is -1.83. The highest BCUT2D eigenvalue weighted by molar-refractivity contribution is 5.14. The highest BCUT2D eigenvalue weighted by Gasteiger charge is 1.73. The lowest BCUT2D eigenvalue weighted by Crippen LogP contribution is -1.64. The molecule has 12 heavy (non-hydrogen) atoms. The minimum absolute atomic E-state index is 0.945. The molecule has 0 aromatic heterocycles. The maximum absolute atomic E-state index is 3.00. The van der Waals surface area contributed by atoms with E-state index >= 15 is 0 Å². The molecule has 0 bridgehead atoms. The Morgan fingerprint density at radius 1 is 1.00 bits per heavy atom. The van der Waals surface area contributed by atoms with Gasteiger partial charge < -0.3 is 0 Å². The quantitative estimate of drug-likeness (QED) is 0.336. The van der Waals surface area contributed by atoms with Crippen LogP contribution in [0.25, 0.3) is 0 Å². The van der Waals surface area contributed by atoms with E-state index in [1.165, 1.54) is 0 Å². The zero-order valence-corrected chi connectivity index (χ0v) is 8.14. The minimum Gasteiger partial charge on any atom is -0.0988 e. The molecule has 0 heterocycles. The fourth-order valence-corrected chi connectivity index (χ4v) is 0.780. The van der Waals surface area contributed by atoms with Crippen molar-refractivity contribution in [2.45, 2.75) is 39.5 Å². The van der Waals surface area contributed by atoms with Crippen molar-refractivity contribution in [3.63, 3.8) is 0 Å². The predicted octanol–water partition coefficient (Wildman–Crippen LogP) is 3.70. The molecule has 0 fully saturated rings. The van der Waals surface area contributed by atoms with Crippen molar-refractivity contribution >= 4 is 0 Å². The third-order valence-corrected chi connectivity index (χ3v) is 1.38. The van der Waals surface area contributed by atoms with Crippen LogP contribution in [0.1, 0.15) is 39.5 Å². The largest absolute Gasteiger partial charge is 0.0988 e. The molecule has 0 nitrogen and oxygen atoms in total. The maximum Gasteiger partial charge on any atom is 0.00637 e. The highest BCUT2D eigenvalue weighted by Crippen LogP contribution is 1.93. The van der Waals surface area contributed by atoms with E-state index in [2.05, 4.69) is 43.9 Å². The van der Waals surface area contributed by atoms with Crippen molar-refractivity contribution in [1.29, 1.82) is 0 Å². The Kier molecular flexibility index (Phi) is 9.24. The van der Waals surface area contributed by atoms with Crippen LogP contribution in [0.3, 0.4) is 0 Å². The maximum atomic E-state index is 3.00. The van der Waals surface area contributed by atoms with Crippen molar-refractivity contribution < 1.29 is 0 Å². The van der Waals surface area contributed by atoms with E-state index in [0.717, 1.165) is 25.7 Å². The van der Waals surface area contributed by atoms with Crippen LogP contribution in [-0.2, 0) is 0 Å². The van der Waals surface area contributed by atoms with Crippen LogP contribution in [0, 0.1) is 11.8 Å². The van der Waals surface area contributed by atoms with Crippen LogP contribution >= 0.6 is 0 Å². The topological polar surface area (TPSA) is 0 Å². The summed E-state index contributed by atoms with van der Waals surface area (Å²) in [5.74, 6) is 5.97. The lowest BCUT2D eigenvalue weighted by atomic mass is 10.2. The van der Waals surface area contributed by atoms with Gasteiger partial charge in [0.15, 0.2) is 0 Å². The number of hydrogen-bond acceptors (Lipinski definition) is 0. The van der Waals surface area contributed by atoms with Gasteiger partial charge >= 0.3 is 0 Å². The number of allylic oxidation sites excluding steroid dienone is 4. The average Bonchev–Trinajstić information content (AvgIpc) is 2.10. The first-order valence-electron chi connectivity index (χ1n) is 4.70. The van der Waals surface area contributed by atoms with Crippen LogP contribution in [0.15, 0.2) is 24.3 Å². The molecular formula is C12H18. The molecule has 0 atom stereocenters. The molecule has 0 saturated carbocycles. The van der Waals surface area contributed by atoms with Gasteiger partial charge in [-0.15, -0.1) is 0 Å². The molecule has 0 N–H and O–H groups in total. The van der Waals surface area contributed by atoms with Gasteiger partial charge in [0.2, 0.25) is 0 Å². The normalized spacial score (nSPS) is 10.5. The molecule has 0 aliphatic rings. The van der Waals surface area contributed by atoms with Gasteiger partial charge in [0.05, 0.1) is 0 Å². The first-order valence-corrected chi connectivity index (χ1v) is 4.70. The molecule has 0 heteroatoms.